The fraction of sp³-hybridized carbons (Fsp3) is 0. The Hall–Kier alpha value is 0.100. The van der Waals surface area contributed by atoms with Crippen LogP contribution in [0.1, 0.15) is 10.4 Å². The number of hydrogen-bond acceptors (Lipinski definition) is 1. The maximum absolute atomic E-state index is 12.2. The monoisotopic (exact) mass is 575 g/mol. The highest BCUT2D eigenvalue weighted by molar-refractivity contribution is 14.1. The summed E-state index contributed by atoms with van der Waals surface area (Å²) < 4.78 is 3.15. The van der Waals surface area contributed by atoms with E-state index in [1.807, 2.05) is 36.4 Å². The molecule has 0 heterocycles. The Labute approximate surface area is 146 Å². The van der Waals surface area contributed by atoms with Gasteiger partial charge in [0.1, 0.15) is 0 Å². The van der Waals surface area contributed by atoms with Crippen LogP contribution in [-0.4, -0.2) is 5.91 Å². The minimum Gasteiger partial charge on any atom is -0.322 e. The maximum atomic E-state index is 12.2. The normalized spacial score (nSPS) is 10.2. The van der Waals surface area contributed by atoms with Crippen molar-refractivity contribution in [2.45, 2.75) is 0 Å². The molecule has 0 radical (unpaired) electrons. The predicted molar refractivity (Wildman–Crippen MR) is 99.0 cm³/mol. The molecule has 2 aromatic carbocycles. The number of rotatable bonds is 2. The van der Waals surface area contributed by atoms with E-state index in [-0.39, 0.29) is 5.91 Å². The molecular weight excluding hydrogens is 567 g/mol. The zero-order valence-corrected chi connectivity index (χ0v) is 15.6. The summed E-state index contributed by atoms with van der Waals surface area (Å²) in [5.41, 5.74) is 1.53. The lowest BCUT2D eigenvalue weighted by atomic mass is 10.2. The second kappa shape index (κ2) is 6.51. The van der Waals surface area contributed by atoms with Gasteiger partial charge in [-0.15, -0.1) is 0 Å². The van der Waals surface area contributed by atoms with Crippen molar-refractivity contribution in [3.63, 3.8) is 0 Å². The number of amides is 1. The second-order valence-electron chi connectivity index (χ2n) is 3.57. The Morgan fingerprint density at radius 1 is 1.00 bits per heavy atom. The third-order valence-electron chi connectivity index (χ3n) is 2.27. The number of benzene rings is 2. The Morgan fingerprint density at radius 3 is 2.33 bits per heavy atom. The van der Waals surface area contributed by atoms with Crippen LogP contribution >= 0.6 is 67.8 Å². The largest absolute Gasteiger partial charge is 0.322 e. The first-order valence-electron chi connectivity index (χ1n) is 5.09. The van der Waals surface area contributed by atoms with Crippen LogP contribution in [0.5, 0.6) is 0 Å². The van der Waals surface area contributed by atoms with Gasteiger partial charge in [-0.3, -0.25) is 4.79 Å². The molecule has 0 saturated carbocycles. The number of carbonyl (C=O) groups excluding carboxylic acids is 1. The molecule has 2 rings (SSSR count). The third-order valence-corrected chi connectivity index (χ3v) is 5.94. The van der Waals surface area contributed by atoms with Gasteiger partial charge in [0.2, 0.25) is 0 Å². The first kappa shape index (κ1) is 14.5. The molecular formula is C13H8I3NO. The molecule has 0 aromatic heterocycles. The molecule has 2 aromatic rings. The van der Waals surface area contributed by atoms with E-state index in [0.717, 1.165) is 22.0 Å². The summed E-state index contributed by atoms with van der Waals surface area (Å²) in [5, 5.41) is 2.90. The van der Waals surface area contributed by atoms with Crippen LogP contribution in [0.3, 0.4) is 0 Å². The van der Waals surface area contributed by atoms with Crippen LogP contribution in [0, 0.1) is 10.7 Å². The van der Waals surface area contributed by atoms with E-state index in [4.69, 9.17) is 0 Å². The van der Waals surface area contributed by atoms with Crippen LogP contribution in [0.15, 0.2) is 42.5 Å². The van der Waals surface area contributed by atoms with E-state index >= 15 is 0 Å². The number of hydrogen-bond donors (Lipinski definition) is 1. The lowest BCUT2D eigenvalue weighted by Crippen LogP contribution is -2.14. The van der Waals surface area contributed by atoms with E-state index in [0.29, 0.717) is 0 Å². The van der Waals surface area contributed by atoms with Crippen molar-refractivity contribution >= 4 is 79.4 Å². The van der Waals surface area contributed by atoms with Gasteiger partial charge in [0.05, 0.1) is 5.56 Å². The second-order valence-corrected chi connectivity index (χ2v) is 7.06. The molecule has 0 spiro atoms. The van der Waals surface area contributed by atoms with E-state index in [2.05, 4.69) is 79.2 Å². The first-order chi connectivity index (χ1) is 8.58. The lowest BCUT2D eigenvalue weighted by molar-refractivity contribution is 0.102. The lowest BCUT2D eigenvalue weighted by Gasteiger charge is -2.08. The number of nitrogens with one attached hydrogen (secondary N) is 1. The van der Waals surface area contributed by atoms with Gasteiger partial charge in [-0.2, -0.15) is 0 Å². The summed E-state index contributed by atoms with van der Waals surface area (Å²) in [6.07, 6.45) is 0. The topological polar surface area (TPSA) is 29.1 Å². The van der Waals surface area contributed by atoms with E-state index in [1.165, 1.54) is 0 Å². The molecule has 0 aliphatic rings. The Morgan fingerprint density at radius 2 is 1.67 bits per heavy atom. The molecule has 0 fully saturated rings. The highest BCUT2D eigenvalue weighted by Crippen LogP contribution is 2.23. The van der Waals surface area contributed by atoms with Gasteiger partial charge in [0.25, 0.3) is 5.91 Å². The minimum atomic E-state index is -0.0676. The maximum Gasteiger partial charge on any atom is 0.256 e. The van der Waals surface area contributed by atoms with Crippen molar-refractivity contribution < 1.29 is 4.79 Å². The number of carbonyl (C=O) groups is 1. The fourth-order valence-electron chi connectivity index (χ4n) is 1.44. The van der Waals surface area contributed by atoms with Crippen LogP contribution in [0.25, 0.3) is 0 Å². The van der Waals surface area contributed by atoms with E-state index in [1.54, 1.807) is 0 Å². The summed E-state index contributed by atoms with van der Waals surface area (Å²) >= 11 is 6.68. The molecule has 2 nitrogen and oxygen atoms in total. The van der Waals surface area contributed by atoms with Crippen molar-refractivity contribution in [2.24, 2.45) is 0 Å². The zero-order valence-electron chi connectivity index (χ0n) is 9.08. The Balaban J connectivity index is 2.30. The van der Waals surface area contributed by atoms with Crippen molar-refractivity contribution in [1.29, 1.82) is 0 Å². The summed E-state index contributed by atoms with van der Waals surface area (Å²) in [6, 6.07) is 13.4. The van der Waals surface area contributed by atoms with Gasteiger partial charge < -0.3 is 5.32 Å². The quantitative estimate of drug-likeness (QED) is 0.407. The van der Waals surface area contributed by atoms with Gasteiger partial charge in [0, 0.05) is 16.4 Å². The average molecular weight is 575 g/mol. The molecule has 0 atom stereocenters. The summed E-state index contributed by atoms with van der Waals surface area (Å²) in [7, 11) is 0. The summed E-state index contributed by atoms with van der Waals surface area (Å²) in [6.45, 7) is 0. The third kappa shape index (κ3) is 3.56. The standard InChI is InChI=1S/C13H8I3NO/c14-8-6-10(12(16)11(15)7-8)13(18)17-9-4-2-1-3-5-9/h1-7H,(H,17,18). The average Bonchev–Trinajstić information content (AvgIpc) is 2.35. The van der Waals surface area contributed by atoms with Crippen LogP contribution in [0.2, 0.25) is 0 Å². The van der Waals surface area contributed by atoms with Crippen molar-refractivity contribution in [1.82, 2.24) is 0 Å². The molecule has 1 amide bonds. The van der Waals surface area contributed by atoms with Crippen LogP contribution < -0.4 is 5.32 Å². The molecule has 0 bridgehead atoms. The van der Waals surface area contributed by atoms with Gasteiger partial charge in [-0.05, 0) is 92.0 Å². The van der Waals surface area contributed by atoms with Gasteiger partial charge in [0.15, 0.2) is 0 Å². The molecule has 0 aliphatic heterocycles. The highest BCUT2D eigenvalue weighted by Gasteiger charge is 2.13. The first-order valence-corrected chi connectivity index (χ1v) is 8.32. The van der Waals surface area contributed by atoms with Crippen LogP contribution in [0.4, 0.5) is 5.69 Å². The van der Waals surface area contributed by atoms with Gasteiger partial charge in [-0.25, -0.2) is 0 Å². The molecule has 0 unspecified atom stereocenters. The number of para-hydroxylation sites is 1. The zero-order chi connectivity index (χ0) is 13.1. The molecule has 18 heavy (non-hydrogen) atoms. The molecule has 5 heteroatoms. The molecule has 1 N–H and O–H groups in total. The molecule has 0 aliphatic carbocycles. The highest BCUT2D eigenvalue weighted by atomic mass is 127. The Kier molecular flexibility index (Phi) is 5.24. The van der Waals surface area contributed by atoms with E-state index < -0.39 is 0 Å². The fourth-order valence-corrected chi connectivity index (χ4v) is 3.84. The summed E-state index contributed by atoms with van der Waals surface area (Å²) in [4.78, 5) is 12.2. The number of halogens is 3. The summed E-state index contributed by atoms with van der Waals surface area (Å²) in [5.74, 6) is -0.0676. The minimum absolute atomic E-state index is 0.0676. The van der Waals surface area contributed by atoms with Gasteiger partial charge in [-0.1, -0.05) is 18.2 Å². The van der Waals surface area contributed by atoms with Crippen molar-refractivity contribution in [3.8, 4) is 0 Å². The smallest absolute Gasteiger partial charge is 0.256 e. The molecule has 92 valence electrons. The van der Waals surface area contributed by atoms with E-state index in [9.17, 15) is 4.79 Å². The number of anilines is 1. The van der Waals surface area contributed by atoms with Crippen molar-refractivity contribution in [2.75, 3.05) is 5.32 Å². The SMILES string of the molecule is O=C(Nc1ccccc1)c1cc(I)cc(I)c1I. The predicted octanol–water partition coefficient (Wildman–Crippen LogP) is 4.75. The van der Waals surface area contributed by atoms with Gasteiger partial charge >= 0.3 is 0 Å². The van der Waals surface area contributed by atoms with Crippen molar-refractivity contribution in [3.05, 3.63) is 58.7 Å². The molecule has 0 saturated heterocycles. The Bertz CT molecular complexity index is 584. The van der Waals surface area contributed by atoms with Crippen LogP contribution in [-0.2, 0) is 0 Å².